The molecule has 0 fully saturated rings. The van der Waals surface area contributed by atoms with Crippen LogP contribution in [0, 0.1) is 0 Å². The van der Waals surface area contributed by atoms with Crippen LogP contribution in [0.15, 0.2) is 121 Å². The molecule has 2 N–H and O–H groups in total. The van der Waals surface area contributed by atoms with Gasteiger partial charge in [-0.15, -0.1) is 0 Å². The Morgan fingerprint density at radius 2 is 0.974 bits per heavy atom. The number of hydrogen-bond donors (Lipinski definition) is 2. The molecule has 4 aromatic carbocycles. The van der Waals surface area contributed by atoms with Crippen molar-refractivity contribution in [2.24, 2.45) is 0 Å². The van der Waals surface area contributed by atoms with Crippen LogP contribution < -0.4 is 10.6 Å². The lowest BCUT2D eigenvalue weighted by Crippen LogP contribution is -2.41. The Kier molecular flexibility index (Phi) is 9.40. The maximum Gasteiger partial charge on any atom is 0.325 e. The Hall–Kier alpha value is -4.71. The molecule has 0 aliphatic heterocycles. The molecule has 0 saturated heterocycles. The Labute approximate surface area is 222 Å². The summed E-state index contributed by atoms with van der Waals surface area (Å²) in [5.41, 5.74) is 3.72. The molecule has 2 amide bonds. The number of carbonyl (C=O) groups excluding carboxylic acids is 3. The van der Waals surface area contributed by atoms with Gasteiger partial charge in [0.25, 0.3) is 0 Å². The largest absolute Gasteiger partial charge is 0.463 e. The lowest BCUT2D eigenvalue weighted by atomic mass is 9.90. The van der Waals surface area contributed by atoms with Gasteiger partial charge in [-0.2, -0.15) is 0 Å². The molecule has 0 radical (unpaired) electrons. The molecule has 0 heterocycles. The van der Waals surface area contributed by atoms with E-state index in [4.69, 9.17) is 4.74 Å². The quantitative estimate of drug-likeness (QED) is 0.295. The van der Waals surface area contributed by atoms with Gasteiger partial charge in [0.2, 0.25) is 11.8 Å². The minimum atomic E-state index is -0.553. The van der Waals surface area contributed by atoms with Crippen molar-refractivity contribution in [2.45, 2.75) is 11.8 Å². The first kappa shape index (κ1) is 26.4. The predicted molar refractivity (Wildman–Crippen MR) is 146 cm³/mol. The normalized spacial score (nSPS) is 10.7. The zero-order valence-electron chi connectivity index (χ0n) is 21.0. The van der Waals surface area contributed by atoms with Gasteiger partial charge in [-0.25, -0.2) is 0 Å². The molecule has 192 valence electrons. The third kappa shape index (κ3) is 7.40. The minimum Gasteiger partial charge on any atom is -0.463 e. The monoisotopic (exact) mass is 506 g/mol. The molecule has 4 aromatic rings. The zero-order chi connectivity index (χ0) is 26.6. The molecule has 38 heavy (non-hydrogen) atoms. The second-order valence-electron chi connectivity index (χ2n) is 8.81. The van der Waals surface area contributed by atoms with Gasteiger partial charge in [-0.1, -0.05) is 121 Å². The standard InChI is InChI=1S/C32H30N2O4/c35-29(21-34-32(37)31(26-17-9-3-10-18-26)27-19-11-4-12-20-27)33-22-30(36)38-23-28(24-13-5-1-6-14-24)25-15-7-2-8-16-25/h1-20,28,31H,21-23H2,(H,33,35)(H,34,37). The lowest BCUT2D eigenvalue weighted by Gasteiger charge is -2.19. The molecule has 0 saturated carbocycles. The Morgan fingerprint density at radius 1 is 0.553 bits per heavy atom. The highest BCUT2D eigenvalue weighted by molar-refractivity contribution is 5.91. The van der Waals surface area contributed by atoms with E-state index in [-0.39, 0.29) is 31.5 Å². The van der Waals surface area contributed by atoms with E-state index >= 15 is 0 Å². The molecule has 0 spiro atoms. The van der Waals surface area contributed by atoms with Gasteiger partial charge >= 0.3 is 5.97 Å². The highest BCUT2D eigenvalue weighted by Crippen LogP contribution is 2.25. The fraction of sp³-hybridized carbons (Fsp3) is 0.156. The Balaban J connectivity index is 1.28. The van der Waals surface area contributed by atoms with Crippen LogP contribution in [0.5, 0.6) is 0 Å². The number of benzene rings is 4. The summed E-state index contributed by atoms with van der Waals surface area (Å²) in [4.78, 5) is 37.9. The summed E-state index contributed by atoms with van der Waals surface area (Å²) in [5.74, 6) is -1.99. The Bertz CT molecular complexity index is 1230. The molecule has 0 aliphatic rings. The van der Waals surface area contributed by atoms with Crippen LogP contribution in [0.2, 0.25) is 0 Å². The highest BCUT2D eigenvalue weighted by atomic mass is 16.5. The van der Waals surface area contributed by atoms with Gasteiger partial charge in [0.05, 0.1) is 12.5 Å². The van der Waals surface area contributed by atoms with Gasteiger partial charge in [-0.3, -0.25) is 14.4 Å². The van der Waals surface area contributed by atoms with Crippen LogP contribution in [0.4, 0.5) is 0 Å². The SMILES string of the molecule is O=C(CNC(=O)C(c1ccccc1)c1ccccc1)NCC(=O)OCC(c1ccccc1)c1ccccc1. The molecule has 0 aliphatic carbocycles. The molecular formula is C32H30N2O4. The van der Waals surface area contributed by atoms with Gasteiger partial charge in [-0.05, 0) is 22.3 Å². The molecule has 0 bridgehead atoms. The van der Waals surface area contributed by atoms with E-state index in [1.807, 2.05) is 121 Å². The summed E-state index contributed by atoms with van der Waals surface area (Å²) < 4.78 is 5.50. The van der Waals surface area contributed by atoms with E-state index in [2.05, 4.69) is 10.6 Å². The van der Waals surface area contributed by atoms with E-state index in [0.717, 1.165) is 22.3 Å². The fourth-order valence-corrected chi connectivity index (χ4v) is 4.27. The summed E-state index contributed by atoms with van der Waals surface area (Å²) in [6.07, 6.45) is 0. The summed E-state index contributed by atoms with van der Waals surface area (Å²) in [6, 6.07) is 38.4. The average molecular weight is 507 g/mol. The summed E-state index contributed by atoms with van der Waals surface area (Å²) >= 11 is 0. The third-order valence-corrected chi connectivity index (χ3v) is 6.20. The van der Waals surface area contributed by atoms with Crippen molar-refractivity contribution in [3.63, 3.8) is 0 Å². The smallest absolute Gasteiger partial charge is 0.325 e. The van der Waals surface area contributed by atoms with Crippen LogP contribution in [-0.4, -0.2) is 37.5 Å². The predicted octanol–water partition coefficient (Wildman–Crippen LogP) is 4.43. The first-order chi connectivity index (χ1) is 18.6. The van der Waals surface area contributed by atoms with Gasteiger partial charge < -0.3 is 15.4 Å². The number of nitrogens with one attached hydrogen (secondary N) is 2. The van der Waals surface area contributed by atoms with E-state index in [1.165, 1.54) is 0 Å². The van der Waals surface area contributed by atoms with Crippen molar-refractivity contribution >= 4 is 17.8 Å². The van der Waals surface area contributed by atoms with Crippen molar-refractivity contribution in [3.8, 4) is 0 Å². The van der Waals surface area contributed by atoms with Crippen molar-refractivity contribution in [3.05, 3.63) is 144 Å². The summed E-state index contributed by atoms with van der Waals surface area (Å²) in [7, 11) is 0. The van der Waals surface area contributed by atoms with Crippen LogP contribution in [0.25, 0.3) is 0 Å². The minimum absolute atomic E-state index is 0.121. The number of rotatable bonds is 11. The van der Waals surface area contributed by atoms with Crippen molar-refractivity contribution in [2.75, 3.05) is 19.7 Å². The molecule has 0 atom stereocenters. The third-order valence-electron chi connectivity index (χ3n) is 6.20. The van der Waals surface area contributed by atoms with Crippen LogP contribution >= 0.6 is 0 Å². The number of hydrogen-bond acceptors (Lipinski definition) is 4. The number of amides is 2. The van der Waals surface area contributed by atoms with E-state index in [9.17, 15) is 14.4 Å². The van der Waals surface area contributed by atoms with Gasteiger partial charge in [0.1, 0.15) is 13.2 Å². The second-order valence-corrected chi connectivity index (χ2v) is 8.81. The molecule has 0 aromatic heterocycles. The van der Waals surface area contributed by atoms with Crippen LogP contribution in [0.3, 0.4) is 0 Å². The average Bonchev–Trinajstić information content (AvgIpc) is 2.97. The maximum absolute atomic E-state index is 13.1. The second kappa shape index (κ2) is 13.6. The number of carbonyl (C=O) groups is 3. The van der Waals surface area contributed by atoms with Crippen molar-refractivity contribution in [1.82, 2.24) is 10.6 Å². The van der Waals surface area contributed by atoms with Crippen LogP contribution in [0.1, 0.15) is 34.1 Å². The van der Waals surface area contributed by atoms with E-state index in [1.54, 1.807) is 0 Å². The molecule has 6 heteroatoms. The van der Waals surface area contributed by atoms with Crippen molar-refractivity contribution < 1.29 is 19.1 Å². The zero-order valence-corrected chi connectivity index (χ0v) is 21.0. The van der Waals surface area contributed by atoms with Gasteiger partial charge in [0, 0.05) is 5.92 Å². The number of ether oxygens (including phenoxy) is 1. The summed E-state index contributed by atoms with van der Waals surface area (Å²) in [6.45, 7) is -0.389. The molecular weight excluding hydrogens is 476 g/mol. The first-order valence-corrected chi connectivity index (χ1v) is 12.5. The van der Waals surface area contributed by atoms with Crippen LogP contribution in [-0.2, 0) is 19.1 Å². The summed E-state index contributed by atoms with van der Waals surface area (Å²) in [5, 5.41) is 5.22. The molecule has 0 unspecified atom stereocenters. The van der Waals surface area contributed by atoms with E-state index < -0.39 is 17.8 Å². The van der Waals surface area contributed by atoms with Crippen molar-refractivity contribution in [1.29, 1.82) is 0 Å². The number of esters is 1. The maximum atomic E-state index is 13.1. The van der Waals surface area contributed by atoms with E-state index in [0.29, 0.717) is 0 Å². The highest BCUT2D eigenvalue weighted by Gasteiger charge is 2.23. The first-order valence-electron chi connectivity index (χ1n) is 12.5. The topological polar surface area (TPSA) is 84.5 Å². The lowest BCUT2D eigenvalue weighted by molar-refractivity contribution is -0.144. The molecule has 6 nitrogen and oxygen atoms in total. The Morgan fingerprint density at radius 3 is 1.42 bits per heavy atom. The molecule has 4 rings (SSSR count). The fourth-order valence-electron chi connectivity index (χ4n) is 4.27. The van der Waals surface area contributed by atoms with Gasteiger partial charge in [0.15, 0.2) is 0 Å².